The highest BCUT2D eigenvalue weighted by Crippen LogP contribution is 2.24. The fourth-order valence-corrected chi connectivity index (χ4v) is 3.96. The summed E-state index contributed by atoms with van der Waals surface area (Å²) in [5, 5.41) is 10.9. The summed E-state index contributed by atoms with van der Waals surface area (Å²) in [7, 11) is 0. The number of hydrogen-bond donors (Lipinski definition) is 1. The van der Waals surface area contributed by atoms with Crippen molar-refractivity contribution in [1.29, 1.82) is 0 Å². The Morgan fingerprint density at radius 3 is 2.67 bits per heavy atom. The van der Waals surface area contributed by atoms with E-state index in [0.717, 1.165) is 16.7 Å². The molecule has 2 amide bonds. The number of nitrogens with one attached hydrogen (secondary N) is 1. The lowest BCUT2D eigenvalue weighted by Gasteiger charge is -2.15. The van der Waals surface area contributed by atoms with Crippen LogP contribution in [0.5, 0.6) is 0 Å². The van der Waals surface area contributed by atoms with E-state index in [1.165, 1.54) is 0 Å². The van der Waals surface area contributed by atoms with Gasteiger partial charge in [0.05, 0.1) is 6.54 Å². The average Bonchev–Trinajstić information content (AvgIpc) is 3.55. The van der Waals surface area contributed by atoms with Crippen molar-refractivity contribution in [2.45, 2.75) is 39.6 Å². The number of aromatic nitrogens is 5. The van der Waals surface area contributed by atoms with Crippen molar-refractivity contribution in [3.8, 4) is 11.5 Å². The monoisotopic (exact) mass is 483 g/mol. The smallest absolute Gasteiger partial charge is 0.410 e. The van der Waals surface area contributed by atoms with Crippen LogP contribution in [0.2, 0.25) is 0 Å². The highest BCUT2D eigenvalue weighted by Gasteiger charge is 2.26. The van der Waals surface area contributed by atoms with Gasteiger partial charge in [0.25, 0.3) is 5.91 Å². The highest BCUT2D eigenvalue weighted by molar-refractivity contribution is 6.02. The number of nitrogens with zero attached hydrogens (tertiary/aromatic N) is 6. The number of benzene rings is 1. The molecule has 36 heavy (non-hydrogen) atoms. The van der Waals surface area contributed by atoms with Gasteiger partial charge in [-0.1, -0.05) is 36.4 Å². The van der Waals surface area contributed by atoms with Gasteiger partial charge in [0.2, 0.25) is 0 Å². The second-order valence-corrected chi connectivity index (χ2v) is 8.75. The fraction of sp³-hybridized carbons (Fsp3) is 0.231. The molecule has 182 valence electrons. The van der Waals surface area contributed by atoms with Crippen LogP contribution in [-0.2, 0) is 24.4 Å². The minimum Gasteiger partial charge on any atom is -0.445 e. The summed E-state index contributed by atoms with van der Waals surface area (Å²) >= 11 is 0. The summed E-state index contributed by atoms with van der Waals surface area (Å²) < 4.78 is 7.34. The van der Waals surface area contributed by atoms with E-state index in [9.17, 15) is 9.59 Å². The van der Waals surface area contributed by atoms with Gasteiger partial charge in [0.15, 0.2) is 5.82 Å². The van der Waals surface area contributed by atoms with Crippen LogP contribution in [-0.4, -0.2) is 41.6 Å². The molecule has 4 aromatic rings. The maximum absolute atomic E-state index is 12.9. The largest absolute Gasteiger partial charge is 0.445 e. The van der Waals surface area contributed by atoms with Gasteiger partial charge in [-0.05, 0) is 48.7 Å². The first-order chi connectivity index (χ1) is 17.5. The number of pyridine rings is 2. The van der Waals surface area contributed by atoms with Gasteiger partial charge >= 0.3 is 6.09 Å². The Morgan fingerprint density at radius 1 is 1.06 bits per heavy atom. The molecule has 0 radical (unpaired) electrons. The molecule has 1 aliphatic heterocycles. The van der Waals surface area contributed by atoms with Crippen molar-refractivity contribution in [2.24, 2.45) is 0 Å². The van der Waals surface area contributed by atoms with Gasteiger partial charge in [0.1, 0.15) is 30.1 Å². The number of hydrogen-bond acceptors (Lipinski definition) is 7. The van der Waals surface area contributed by atoms with E-state index in [-0.39, 0.29) is 18.3 Å². The third-order valence-corrected chi connectivity index (χ3v) is 5.85. The Morgan fingerprint density at radius 2 is 1.86 bits per heavy atom. The highest BCUT2D eigenvalue weighted by atomic mass is 16.6. The molecule has 0 saturated carbocycles. The number of carbonyl (C=O) groups excluding carboxylic acids is 2. The molecule has 10 nitrogen and oxygen atoms in total. The molecule has 0 spiro atoms. The summed E-state index contributed by atoms with van der Waals surface area (Å²) in [6, 6.07) is 16.7. The Hall–Kier alpha value is -4.60. The van der Waals surface area contributed by atoms with E-state index < -0.39 is 12.0 Å². The van der Waals surface area contributed by atoms with Crippen molar-refractivity contribution in [3.63, 3.8) is 0 Å². The normalized spacial score (nSPS) is 12.5. The molecule has 4 heterocycles. The molecule has 1 aliphatic rings. The zero-order chi connectivity index (χ0) is 25.1. The van der Waals surface area contributed by atoms with Crippen LogP contribution in [0.25, 0.3) is 11.5 Å². The lowest BCUT2D eigenvalue weighted by molar-refractivity contribution is 0.0955. The lowest BCUT2D eigenvalue weighted by atomic mass is 10.1. The van der Waals surface area contributed by atoms with E-state index in [2.05, 4.69) is 25.5 Å². The number of fused-ring (bicyclic) bond motifs is 1. The number of amides is 2. The van der Waals surface area contributed by atoms with Gasteiger partial charge in [-0.15, -0.1) is 10.2 Å². The van der Waals surface area contributed by atoms with E-state index in [0.29, 0.717) is 30.4 Å². The zero-order valence-electron chi connectivity index (χ0n) is 20.0. The quantitative estimate of drug-likeness (QED) is 0.437. The van der Waals surface area contributed by atoms with Crippen molar-refractivity contribution < 1.29 is 14.3 Å². The van der Waals surface area contributed by atoms with Crippen molar-refractivity contribution in [2.75, 3.05) is 5.32 Å². The first-order valence-corrected chi connectivity index (χ1v) is 11.6. The molecule has 0 bridgehead atoms. The van der Waals surface area contributed by atoms with Crippen LogP contribution < -0.4 is 5.32 Å². The molecule has 0 saturated heterocycles. The molecule has 3 aromatic heterocycles. The summed E-state index contributed by atoms with van der Waals surface area (Å²) in [4.78, 5) is 35.8. The molecule has 1 N–H and O–H groups in total. The molecule has 1 aromatic carbocycles. The van der Waals surface area contributed by atoms with E-state index in [1.54, 1.807) is 35.6 Å². The van der Waals surface area contributed by atoms with Gasteiger partial charge in [-0.3, -0.25) is 14.7 Å². The molecule has 0 aliphatic carbocycles. The minimum atomic E-state index is -0.406. The molecule has 5 rings (SSSR count). The molecule has 10 heteroatoms. The Balaban J connectivity index is 1.24. The van der Waals surface area contributed by atoms with Crippen LogP contribution >= 0.6 is 0 Å². The van der Waals surface area contributed by atoms with Crippen molar-refractivity contribution in [1.82, 2.24) is 29.6 Å². The second kappa shape index (κ2) is 9.95. The van der Waals surface area contributed by atoms with Crippen LogP contribution in [0.1, 0.15) is 47.1 Å². The van der Waals surface area contributed by atoms with Crippen LogP contribution in [0.4, 0.5) is 10.6 Å². The SMILES string of the molecule is CC(C)n1cnnc1-c1cccc(NC(=O)c2cc3c(cn2)CN(C(=O)OCc2ccccc2)C3)n1. The van der Waals surface area contributed by atoms with E-state index >= 15 is 0 Å². The summed E-state index contributed by atoms with van der Waals surface area (Å²) in [6.07, 6.45) is 2.88. The first kappa shape index (κ1) is 23.2. The topological polar surface area (TPSA) is 115 Å². The predicted molar refractivity (Wildman–Crippen MR) is 132 cm³/mol. The third-order valence-electron chi connectivity index (χ3n) is 5.85. The maximum Gasteiger partial charge on any atom is 0.410 e. The van der Waals surface area contributed by atoms with Crippen LogP contribution in [0, 0.1) is 0 Å². The van der Waals surface area contributed by atoms with Gasteiger partial charge in [0, 0.05) is 18.8 Å². The molecule has 0 fully saturated rings. The minimum absolute atomic E-state index is 0.167. The zero-order valence-corrected chi connectivity index (χ0v) is 20.0. The van der Waals surface area contributed by atoms with E-state index in [4.69, 9.17) is 4.74 Å². The third kappa shape index (κ3) is 4.92. The molecular weight excluding hydrogens is 458 g/mol. The summed E-state index contributed by atoms with van der Waals surface area (Å²) in [5.41, 5.74) is 3.51. The average molecular weight is 484 g/mol. The number of ether oxygens (including phenoxy) is 1. The van der Waals surface area contributed by atoms with Gasteiger partial charge in [-0.25, -0.2) is 9.78 Å². The number of anilines is 1. The van der Waals surface area contributed by atoms with E-state index in [1.807, 2.05) is 54.8 Å². The van der Waals surface area contributed by atoms with Gasteiger partial charge in [-0.2, -0.15) is 0 Å². The molecule has 0 unspecified atom stereocenters. The summed E-state index contributed by atoms with van der Waals surface area (Å²) in [5.74, 6) is 0.609. The second-order valence-electron chi connectivity index (χ2n) is 8.75. The van der Waals surface area contributed by atoms with Gasteiger partial charge < -0.3 is 14.6 Å². The lowest BCUT2D eigenvalue weighted by Crippen LogP contribution is -2.26. The number of rotatable bonds is 6. The molecular formula is C26H25N7O3. The first-order valence-electron chi connectivity index (χ1n) is 11.6. The summed E-state index contributed by atoms with van der Waals surface area (Å²) in [6.45, 7) is 5.00. The van der Waals surface area contributed by atoms with Crippen molar-refractivity contribution in [3.05, 3.63) is 89.5 Å². The Bertz CT molecular complexity index is 1400. The fourth-order valence-electron chi connectivity index (χ4n) is 3.96. The maximum atomic E-state index is 12.9. The number of carbonyl (C=O) groups is 2. The molecule has 0 atom stereocenters. The standard InChI is InChI=1S/C26H25N7O3/c1-17(2)33-16-28-31-24(33)21-9-6-10-23(29-21)30-25(34)22-11-19-13-32(14-20(19)12-27-22)26(35)36-15-18-7-4-3-5-8-18/h3-12,16-17H,13-15H2,1-2H3,(H,29,30,34). The van der Waals surface area contributed by atoms with Crippen LogP contribution in [0.3, 0.4) is 0 Å². The Kier molecular flexibility index (Phi) is 6.40. The Labute approximate surface area is 208 Å². The van der Waals surface area contributed by atoms with Crippen molar-refractivity contribution >= 4 is 17.8 Å². The predicted octanol–water partition coefficient (Wildman–Crippen LogP) is 4.22. The van der Waals surface area contributed by atoms with Crippen LogP contribution in [0.15, 0.2) is 67.1 Å².